The first-order valence-electron chi connectivity index (χ1n) is 5.21. The number of thiazole rings is 1. The number of halogens is 1. The molecule has 0 bridgehead atoms. The van der Waals surface area contributed by atoms with Gasteiger partial charge in [-0.05, 0) is 18.2 Å². The highest BCUT2D eigenvalue weighted by molar-refractivity contribution is 9.10. The number of hydrogen-bond donors (Lipinski definition) is 2. The first-order chi connectivity index (χ1) is 9.10. The van der Waals surface area contributed by atoms with Crippen LogP contribution in [0, 0.1) is 11.3 Å². The summed E-state index contributed by atoms with van der Waals surface area (Å²) in [5.74, 6) is -1.04. The van der Waals surface area contributed by atoms with Gasteiger partial charge in [0.25, 0.3) is 0 Å². The quantitative estimate of drug-likeness (QED) is 0.895. The van der Waals surface area contributed by atoms with Gasteiger partial charge in [-0.25, -0.2) is 9.78 Å². The summed E-state index contributed by atoms with van der Waals surface area (Å²) in [5.41, 5.74) is 1.25. The molecular formula is C12H8BrN3O2S. The van der Waals surface area contributed by atoms with Gasteiger partial charge < -0.3 is 10.4 Å². The molecule has 0 radical (unpaired) electrons. The predicted molar refractivity (Wildman–Crippen MR) is 75.3 cm³/mol. The summed E-state index contributed by atoms with van der Waals surface area (Å²) < 4.78 is 0.831. The molecule has 2 aromatic rings. The van der Waals surface area contributed by atoms with Gasteiger partial charge in [0.15, 0.2) is 5.69 Å². The normalized spacial score (nSPS) is 9.89. The highest BCUT2D eigenvalue weighted by Crippen LogP contribution is 2.21. The molecule has 2 rings (SSSR count). The van der Waals surface area contributed by atoms with Crippen molar-refractivity contribution in [2.45, 2.75) is 6.54 Å². The monoisotopic (exact) mass is 337 g/mol. The average molecular weight is 338 g/mol. The zero-order chi connectivity index (χ0) is 13.8. The molecule has 0 spiro atoms. The number of hydrogen-bond acceptors (Lipinski definition) is 5. The largest absolute Gasteiger partial charge is 0.476 e. The topological polar surface area (TPSA) is 86.0 Å². The molecule has 0 amide bonds. The second-order valence-corrected chi connectivity index (χ2v) is 5.45. The molecule has 0 aliphatic rings. The van der Waals surface area contributed by atoms with Crippen molar-refractivity contribution in [3.8, 4) is 6.07 Å². The van der Waals surface area contributed by atoms with Crippen LogP contribution in [0.1, 0.15) is 21.1 Å². The van der Waals surface area contributed by atoms with Crippen molar-refractivity contribution in [2.75, 3.05) is 5.32 Å². The fraction of sp³-hybridized carbons (Fsp3) is 0.0833. The van der Waals surface area contributed by atoms with E-state index in [1.165, 1.54) is 16.7 Å². The van der Waals surface area contributed by atoms with Gasteiger partial charge >= 0.3 is 5.97 Å². The summed E-state index contributed by atoms with van der Waals surface area (Å²) in [6.45, 7) is 0.383. The smallest absolute Gasteiger partial charge is 0.355 e. The molecular weight excluding hydrogens is 330 g/mol. The standard InChI is InChI=1S/C12H8BrN3O2S/c13-8-1-2-9(7(3-8)4-14)15-5-11-16-10(6-19-11)12(17)18/h1-3,6,15H,5H2,(H,17,18). The Morgan fingerprint density at radius 2 is 2.37 bits per heavy atom. The van der Waals surface area contributed by atoms with E-state index in [0.29, 0.717) is 22.8 Å². The van der Waals surface area contributed by atoms with Crippen LogP contribution < -0.4 is 5.32 Å². The SMILES string of the molecule is N#Cc1cc(Br)ccc1NCc1nc(C(=O)O)cs1. The number of nitrogens with one attached hydrogen (secondary N) is 1. The number of nitriles is 1. The van der Waals surface area contributed by atoms with E-state index < -0.39 is 5.97 Å². The lowest BCUT2D eigenvalue weighted by Crippen LogP contribution is -2.02. The number of rotatable bonds is 4. The van der Waals surface area contributed by atoms with Crippen LogP contribution in [-0.4, -0.2) is 16.1 Å². The minimum absolute atomic E-state index is 0.0399. The highest BCUT2D eigenvalue weighted by Gasteiger charge is 2.09. The van der Waals surface area contributed by atoms with Gasteiger partial charge in [0.2, 0.25) is 0 Å². The number of carbonyl (C=O) groups is 1. The van der Waals surface area contributed by atoms with E-state index in [2.05, 4.69) is 32.3 Å². The molecule has 19 heavy (non-hydrogen) atoms. The molecule has 0 saturated carbocycles. The first-order valence-corrected chi connectivity index (χ1v) is 6.88. The van der Waals surface area contributed by atoms with Crippen LogP contribution >= 0.6 is 27.3 Å². The van der Waals surface area contributed by atoms with Crippen molar-refractivity contribution in [3.63, 3.8) is 0 Å². The van der Waals surface area contributed by atoms with Gasteiger partial charge in [-0.15, -0.1) is 11.3 Å². The Balaban J connectivity index is 2.10. The summed E-state index contributed by atoms with van der Waals surface area (Å²) in [5, 5.41) is 23.0. The molecule has 1 aromatic carbocycles. The zero-order valence-corrected chi connectivity index (χ0v) is 12.0. The molecule has 1 heterocycles. The molecule has 96 valence electrons. The summed E-state index contributed by atoms with van der Waals surface area (Å²) in [6.07, 6.45) is 0. The number of anilines is 1. The maximum atomic E-state index is 10.7. The number of carboxylic acids is 1. The minimum atomic E-state index is -1.04. The van der Waals surface area contributed by atoms with Crippen LogP contribution in [0.5, 0.6) is 0 Å². The number of nitrogens with zero attached hydrogens (tertiary/aromatic N) is 2. The Morgan fingerprint density at radius 3 is 3.00 bits per heavy atom. The van der Waals surface area contributed by atoms with E-state index in [1.54, 1.807) is 12.1 Å². The lowest BCUT2D eigenvalue weighted by Gasteiger charge is -2.06. The maximum absolute atomic E-state index is 10.7. The van der Waals surface area contributed by atoms with Gasteiger partial charge in [-0.2, -0.15) is 5.26 Å². The number of aromatic nitrogens is 1. The lowest BCUT2D eigenvalue weighted by molar-refractivity contribution is 0.0691. The van der Waals surface area contributed by atoms with Crippen LogP contribution in [0.15, 0.2) is 28.1 Å². The Bertz CT molecular complexity index is 663. The van der Waals surface area contributed by atoms with Crippen LogP contribution in [0.25, 0.3) is 0 Å². The van der Waals surface area contributed by atoms with Crippen LogP contribution in [-0.2, 0) is 6.54 Å². The summed E-state index contributed by atoms with van der Waals surface area (Å²) in [4.78, 5) is 14.7. The third-order valence-corrected chi connectivity index (χ3v) is 3.65. The molecule has 0 fully saturated rings. The van der Waals surface area contributed by atoms with Crippen molar-refractivity contribution in [3.05, 3.63) is 44.3 Å². The summed E-state index contributed by atoms with van der Waals surface area (Å²) >= 11 is 4.57. The number of benzene rings is 1. The molecule has 2 N–H and O–H groups in total. The molecule has 5 nitrogen and oxygen atoms in total. The van der Waals surface area contributed by atoms with Crippen LogP contribution in [0.3, 0.4) is 0 Å². The third kappa shape index (κ3) is 3.30. The van der Waals surface area contributed by atoms with Crippen molar-refractivity contribution >= 4 is 38.9 Å². The Kier molecular flexibility index (Phi) is 4.14. The molecule has 0 aliphatic heterocycles. The van der Waals surface area contributed by atoms with E-state index in [0.717, 1.165) is 4.47 Å². The highest BCUT2D eigenvalue weighted by atomic mass is 79.9. The molecule has 1 aromatic heterocycles. The van der Waals surface area contributed by atoms with Gasteiger partial charge in [-0.1, -0.05) is 15.9 Å². The number of carboxylic acid groups (broad SMARTS) is 1. The fourth-order valence-corrected chi connectivity index (χ4v) is 2.49. The minimum Gasteiger partial charge on any atom is -0.476 e. The van der Waals surface area contributed by atoms with Crippen LogP contribution in [0.4, 0.5) is 5.69 Å². The Labute approximate surface area is 121 Å². The van der Waals surface area contributed by atoms with E-state index in [1.807, 2.05) is 6.07 Å². The van der Waals surface area contributed by atoms with Crippen LogP contribution in [0.2, 0.25) is 0 Å². The van der Waals surface area contributed by atoms with E-state index in [9.17, 15) is 4.79 Å². The summed E-state index contributed by atoms with van der Waals surface area (Å²) in [7, 11) is 0. The maximum Gasteiger partial charge on any atom is 0.355 e. The van der Waals surface area contributed by atoms with Crippen molar-refractivity contribution in [2.24, 2.45) is 0 Å². The van der Waals surface area contributed by atoms with E-state index >= 15 is 0 Å². The van der Waals surface area contributed by atoms with Gasteiger partial charge in [0.1, 0.15) is 11.1 Å². The second kappa shape index (κ2) is 5.82. The van der Waals surface area contributed by atoms with E-state index in [4.69, 9.17) is 10.4 Å². The molecule has 0 saturated heterocycles. The molecule has 0 unspecified atom stereocenters. The molecule has 7 heteroatoms. The first kappa shape index (κ1) is 13.5. The van der Waals surface area contributed by atoms with Crippen molar-refractivity contribution < 1.29 is 9.90 Å². The van der Waals surface area contributed by atoms with Gasteiger partial charge in [0, 0.05) is 9.85 Å². The van der Waals surface area contributed by atoms with Crippen molar-refractivity contribution in [1.29, 1.82) is 5.26 Å². The molecule has 0 aliphatic carbocycles. The van der Waals surface area contributed by atoms with Crippen molar-refractivity contribution in [1.82, 2.24) is 4.98 Å². The average Bonchev–Trinajstić information content (AvgIpc) is 2.86. The second-order valence-electron chi connectivity index (χ2n) is 3.59. The number of aromatic carboxylic acids is 1. The van der Waals surface area contributed by atoms with E-state index in [-0.39, 0.29) is 5.69 Å². The Hall–Kier alpha value is -1.91. The lowest BCUT2D eigenvalue weighted by atomic mass is 10.2. The van der Waals surface area contributed by atoms with Gasteiger partial charge in [-0.3, -0.25) is 0 Å². The third-order valence-electron chi connectivity index (χ3n) is 2.30. The predicted octanol–water partition coefficient (Wildman–Crippen LogP) is 3.09. The fourth-order valence-electron chi connectivity index (χ4n) is 1.42. The summed E-state index contributed by atoms with van der Waals surface area (Å²) in [6, 6.07) is 7.42. The molecule has 0 atom stereocenters. The Morgan fingerprint density at radius 1 is 1.58 bits per heavy atom. The zero-order valence-electron chi connectivity index (χ0n) is 9.55. The van der Waals surface area contributed by atoms with Gasteiger partial charge in [0.05, 0.1) is 17.8 Å².